The molecule has 1 aromatic rings. The summed E-state index contributed by atoms with van der Waals surface area (Å²) in [4.78, 5) is 13.7. The first-order valence-electron chi connectivity index (χ1n) is 7.95. The monoisotopic (exact) mass is 389 g/mol. The van der Waals surface area contributed by atoms with Gasteiger partial charge in [-0.3, -0.25) is 4.79 Å². The van der Waals surface area contributed by atoms with Crippen molar-refractivity contribution < 1.29 is 17.9 Å². The average molecular weight is 390 g/mol. The van der Waals surface area contributed by atoms with Crippen LogP contribution in [0, 0.1) is 0 Å². The van der Waals surface area contributed by atoms with Gasteiger partial charge in [0.15, 0.2) is 5.75 Å². The molecule has 1 saturated heterocycles. The van der Waals surface area contributed by atoms with Crippen LogP contribution < -0.4 is 10.1 Å². The van der Waals surface area contributed by atoms with Gasteiger partial charge in [-0.1, -0.05) is 11.6 Å². The molecule has 0 radical (unpaired) electrons. The number of hydrogen-bond acceptors (Lipinski definition) is 5. The van der Waals surface area contributed by atoms with Crippen molar-refractivity contribution in [2.24, 2.45) is 0 Å². The molecule has 1 fully saturated rings. The minimum atomic E-state index is -3.88. The molecule has 0 bridgehead atoms. The fourth-order valence-corrected chi connectivity index (χ4v) is 5.05. The summed E-state index contributed by atoms with van der Waals surface area (Å²) in [7, 11) is 0.628. The van der Waals surface area contributed by atoms with Crippen molar-refractivity contribution in [1.82, 2.24) is 14.5 Å². The van der Waals surface area contributed by atoms with Crippen molar-refractivity contribution in [3.8, 4) is 5.75 Å². The van der Waals surface area contributed by atoms with Gasteiger partial charge in [-0.05, 0) is 26.0 Å². The number of amides is 1. The number of benzene rings is 1. The number of halogens is 1. The maximum atomic E-state index is 13.3. The third kappa shape index (κ3) is 3.76. The zero-order chi connectivity index (χ0) is 18.9. The summed E-state index contributed by atoms with van der Waals surface area (Å²) in [6.45, 7) is 4.66. The summed E-state index contributed by atoms with van der Waals surface area (Å²) in [6.07, 6.45) is 0. The van der Waals surface area contributed by atoms with Gasteiger partial charge >= 0.3 is 0 Å². The lowest BCUT2D eigenvalue weighted by Crippen LogP contribution is -2.57. The number of piperazine rings is 1. The lowest BCUT2D eigenvalue weighted by atomic mass is 10.1. The van der Waals surface area contributed by atoms with Crippen LogP contribution in [0.15, 0.2) is 17.0 Å². The Morgan fingerprint density at radius 3 is 2.56 bits per heavy atom. The van der Waals surface area contributed by atoms with E-state index in [0.717, 1.165) is 0 Å². The number of ether oxygens (including phenoxy) is 1. The molecular formula is C16H24ClN3O4S. The predicted octanol–water partition coefficient (Wildman–Crippen LogP) is 1.42. The van der Waals surface area contributed by atoms with E-state index in [4.69, 9.17) is 16.3 Å². The quantitative estimate of drug-likeness (QED) is 0.842. The van der Waals surface area contributed by atoms with Crippen molar-refractivity contribution >= 4 is 27.5 Å². The fraction of sp³-hybridized carbons (Fsp3) is 0.562. The molecule has 9 heteroatoms. The highest BCUT2D eigenvalue weighted by Crippen LogP contribution is 2.35. The lowest BCUT2D eigenvalue weighted by molar-refractivity contribution is 0.0823. The second-order valence-electron chi connectivity index (χ2n) is 6.28. The van der Waals surface area contributed by atoms with Gasteiger partial charge in [-0.15, -0.1) is 0 Å². The molecule has 1 heterocycles. The van der Waals surface area contributed by atoms with Gasteiger partial charge in [0.25, 0.3) is 5.91 Å². The predicted molar refractivity (Wildman–Crippen MR) is 96.8 cm³/mol. The summed E-state index contributed by atoms with van der Waals surface area (Å²) in [5.74, 6) is -0.362. The standard InChI is InChI=1S/C16H24ClN3O4S/c1-10-11(2)20(7-6-18-10)25(22,23)14-9-12(17)8-13(15(14)24-5)16(21)19(3)4/h8-11,18H,6-7H2,1-5H3. The number of methoxy groups -OCH3 is 1. The van der Waals surface area contributed by atoms with Gasteiger partial charge in [-0.2, -0.15) is 4.31 Å². The maximum Gasteiger partial charge on any atom is 0.257 e. The zero-order valence-corrected chi connectivity index (χ0v) is 16.6. The number of sulfonamides is 1. The molecule has 1 amide bonds. The molecule has 1 aromatic carbocycles. The average Bonchev–Trinajstić information content (AvgIpc) is 2.55. The van der Waals surface area contributed by atoms with E-state index >= 15 is 0 Å². The highest BCUT2D eigenvalue weighted by Gasteiger charge is 2.37. The highest BCUT2D eigenvalue weighted by molar-refractivity contribution is 7.89. The minimum absolute atomic E-state index is 0.0107. The van der Waals surface area contributed by atoms with Gasteiger partial charge in [0.2, 0.25) is 10.0 Å². The van der Waals surface area contributed by atoms with Gasteiger partial charge in [0.1, 0.15) is 4.90 Å². The van der Waals surface area contributed by atoms with Gasteiger partial charge in [0, 0.05) is 44.3 Å². The maximum absolute atomic E-state index is 13.3. The topological polar surface area (TPSA) is 79.0 Å². The van der Waals surface area contributed by atoms with Crippen LogP contribution in [0.2, 0.25) is 5.02 Å². The summed E-state index contributed by atoms with van der Waals surface area (Å²) in [5, 5.41) is 3.41. The van der Waals surface area contributed by atoms with E-state index < -0.39 is 10.0 Å². The summed E-state index contributed by atoms with van der Waals surface area (Å²) >= 11 is 6.12. The van der Waals surface area contributed by atoms with Crippen LogP contribution in [0.4, 0.5) is 0 Å². The van der Waals surface area contributed by atoms with E-state index in [1.165, 1.54) is 28.4 Å². The third-order valence-corrected chi connectivity index (χ3v) is 6.63. The highest BCUT2D eigenvalue weighted by atomic mass is 35.5. The molecule has 25 heavy (non-hydrogen) atoms. The number of rotatable bonds is 4. The molecule has 0 spiro atoms. The molecule has 0 aliphatic carbocycles. The van der Waals surface area contributed by atoms with E-state index in [2.05, 4.69) is 5.32 Å². The molecule has 2 atom stereocenters. The van der Waals surface area contributed by atoms with Crippen LogP contribution in [0.3, 0.4) is 0 Å². The molecule has 1 N–H and O–H groups in total. The van der Waals surface area contributed by atoms with E-state index in [-0.39, 0.29) is 39.2 Å². The SMILES string of the molecule is COc1c(C(=O)N(C)C)cc(Cl)cc1S(=O)(=O)N1CCNC(C)C1C. The Morgan fingerprint density at radius 1 is 1.36 bits per heavy atom. The fourth-order valence-electron chi connectivity index (χ4n) is 2.86. The lowest BCUT2D eigenvalue weighted by Gasteiger charge is -2.37. The van der Waals surface area contributed by atoms with Gasteiger partial charge in [-0.25, -0.2) is 8.42 Å². The molecule has 1 aliphatic heterocycles. The Labute approximate surface area is 153 Å². The van der Waals surface area contributed by atoms with E-state index in [1.54, 1.807) is 14.1 Å². The molecule has 0 saturated carbocycles. The number of carbonyl (C=O) groups excluding carboxylic acids is 1. The Balaban J connectivity index is 2.63. The van der Waals surface area contributed by atoms with Crippen LogP contribution >= 0.6 is 11.6 Å². The van der Waals surface area contributed by atoms with E-state index in [9.17, 15) is 13.2 Å². The minimum Gasteiger partial charge on any atom is -0.494 e. The summed E-state index contributed by atoms with van der Waals surface area (Å²) in [5.41, 5.74) is 0.120. The van der Waals surface area contributed by atoms with Crippen molar-refractivity contribution in [3.05, 3.63) is 22.7 Å². The summed E-state index contributed by atoms with van der Waals surface area (Å²) < 4.78 is 33.2. The Hall–Kier alpha value is -1.35. The first kappa shape index (κ1) is 20.0. The number of nitrogens with one attached hydrogen (secondary N) is 1. The first-order valence-corrected chi connectivity index (χ1v) is 9.77. The van der Waals surface area contributed by atoms with Crippen molar-refractivity contribution in [2.75, 3.05) is 34.3 Å². The van der Waals surface area contributed by atoms with Crippen LogP contribution in [-0.2, 0) is 10.0 Å². The number of carbonyl (C=O) groups is 1. The summed E-state index contributed by atoms with van der Waals surface area (Å²) in [6, 6.07) is 2.53. The normalized spacial score (nSPS) is 21.8. The molecule has 140 valence electrons. The molecule has 1 aliphatic rings. The third-order valence-electron chi connectivity index (χ3n) is 4.42. The Kier molecular flexibility index (Phi) is 5.98. The van der Waals surface area contributed by atoms with Gasteiger partial charge < -0.3 is 15.0 Å². The first-order chi connectivity index (χ1) is 11.6. The second-order valence-corrected chi connectivity index (χ2v) is 8.58. The van der Waals surface area contributed by atoms with Crippen molar-refractivity contribution in [1.29, 1.82) is 0 Å². The van der Waals surface area contributed by atoms with Crippen LogP contribution in [0.1, 0.15) is 24.2 Å². The van der Waals surface area contributed by atoms with Crippen molar-refractivity contribution in [3.63, 3.8) is 0 Å². The molecule has 0 aromatic heterocycles. The smallest absolute Gasteiger partial charge is 0.257 e. The molecule has 2 rings (SSSR count). The largest absolute Gasteiger partial charge is 0.494 e. The second kappa shape index (κ2) is 7.49. The van der Waals surface area contributed by atoms with E-state index in [1.807, 2.05) is 13.8 Å². The number of nitrogens with zero attached hydrogens (tertiary/aromatic N) is 2. The van der Waals surface area contributed by atoms with Gasteiger partial charge in [0.05, 0.1) is 12.7 Å². The van der Waals surface area contributed by atoms with Crippen LogP contribution in [0.25, 0.3) is 0 Å². The van der Waals surface area contributed by atoms with Crippen molar-refractivity contribution in [2.45, 2.75) is 30.8 Å². The molecule has 2 unspecified atom stereocenters. The Bertz CT molecular complexity index is 767. The van der Waals surface area contributed by atoms with Crippen LogP contribution in [-0.4, -0.2) is 69.9 Å². The number of hydrogen-bond donors (Lipinski definition) is 1. The van der Waals surface area contributed by atoms with Crippen LogP contribution in [0.5, 0.6) is 5.75 Å². The molecular weight excluding hydrogens is 366 g/mol. The zero-order valence-electron chi connectivity index (χ0n) is 15.0. The van der Waals surface area contributed by atoms with E-state index in [0.29, 0.717) is 13.1 Å². The molecule has 7 nitrogen and oxygen atoms in total. The Morgan fingerprint density at radius 2 is 2.00 bits per heavy atom.